The van der Waals surface area contributed by atoms with Crippen molar-refractivity contribution < 1.29 is 17.7 Å². The van der Waals surface area contributed by atoms with Crippen molar-refractivity contribution >= 4 is 15.9 Å². The molecule has 0 aliphatic carbocycles. The molecular weight excluding hydrogens is 334 g/mol. The molecular formula is C14H19N5O4S. The predicted octanol–water partition coefficient (Wildman–Crippen LogP) is 0.230. The summed E-state index contributed by atoms with van der Waals surface area (Å²) >= 11 is 0. The molecule has 1 aliphatic heterocycles. The number of hydrogen-bond donors (Lipinski definition) is 1. The van der Waals surface area contributed by atoms with Gasteiger partial charge >= 0.3 is 0 Å². The number of amides is 1. The average Bonchev–Trinajstić information content (AvgIpc) is 3.28. The van der Waals surface area contributed by atoms with Crippen LogP contribution in [0.2, 0.25) is 0 Å². The van der Waals surface area contributed by atoms with Crippen molar-refractivity contribution in [3.05, 3.63) is 24.2 Å². The van der Waals surface area contributed by atoms with Crippen LogP contribution in [0.1, 0.15) is 23.4 Å². The number of aryl methyl sites for hydroxylation is 1. The third-order valence-corrected chi connectivity index (χ3v) is 5.71. The van der Waals surface area contributed by atoms with E-state index in [-0.39, 0.29) is 18.1 Å². The van der Waals surface area contributed by atoms with E-state index in [2.05, 4.69) is 15.6 Å². The lowest BCUT2D eigenvalue weighted by Crippen LogP contribution is -2.36. The molecule has 0 radical (unpaired) electrons. The van der Waals surface area contributed by atoms with Gasteiger partial charge in [0.25, 0.3) is 5.91 Å². The lowest BCUT2D eigenvalue weighted by Gasteiger charge is -2.15. The number of nitrogens with one attached hydrogen (secondary N) is 1. The van der Waals surface area contributed by atoms with Gasteiger partial charge in [-0.1, -0.05) is 5.16 Å². The molecule has 1 N–H and O–H groups in total. The van der Waals surface area contributed by atoms with Crippen LogP contribution in [0.3, 0.4) is 0 Å². The maximum Gasteiger partial charge on any atom is 0.289 e. The van der Waals surface area contributed by atoms with Crippen LogP contribution in [-0.2, 0) is 17.1 Å². The van der Waals surface area contributed by atoms with Crippen molar-refractivity contribution in [1.29, 1.82) is 0 Å². The first-order valence-electron chi connectivity index (χ1n) is 7.67. The van der Waals surface area contributed by atoms with E-state index in [4.69, 9.17) is 4.52 Å². The fourth-order valence-electron chi connectivity index (χ4n) is 2.55. The molecule has 1 saturated heterocycles. The van der Waals surface area contributed by atoms with Gasteiger partial charge in [-0.2, -0.15) is 5.10 Å². The monoisotopic (exact) mass is 353 g/mol. The number of nitrogens with zero attached hydrogens (tertiary/aromatic N) is 4. The van der Waals surface area contributed by atoms with Crippen LogP contribution in [0.15, 0.2) is 23.0 Å². The largest absolute Gasteiger partial charge is 0.350 e. The molecule has 1 aliphatic rings. The van der Waals surface area contributed by atoms with Gasteiger partial charge in [0, 0.05) is 44.5 Å². The van der Waals surface area contributed by atoms with Crippen LogP contribution in [-0.4, -0.2) is 59.0 Å². The van der Waals surface area contributed by atoms with Crippen molar-refractivity contribution in [1.82, 2.24) is 24.6 Å². The summed E-state index contributed by atoms with van der Waals surface area (Å²) in [6.45, 7) is 1.15. The molecule has 0 spiro atoms. The Labute approximate surface area is 139 Å². The molecule has 0 bridgehead atoms. The zero-order chi connectivity index (χ0) is 17.2. The average molecular weight is 353 g/mol. The Bertz CT molecular complexity index is 820. The Morgan fingerprint density at radius 3 is 2.79 bits per heavy atom. The maximum absolute atomic E-state index is 12.1. The van der Waals surface area contributed by atoms with Gasteiger partial charge in [0.05, 0.1) is 11.9 Å². The van der Waals surface area contributed by atoms with Crippen LogP contribution in [0.4, 0.5) is 0 Å². The quantitative estimate of drug-likeness (QED) is 0.796. The minimum Gasteiger partial charge on any atom is -0.350 e. The molecule has 130 valence electrons. The smallest absolute Gasteiger partial charge is 0.289 e. The van der Waals surface area contributed by atoms with E-state index in [1.165, 1.54) is 10.4 Å². The van der Waals surface area contributed by atoms with E-state index in [0.29, 0.717) is 18.8 Å². The fourth-order valence-corrected chi connectivity index (χ4v) is 3.98. The second-order valence-corrected chi connectivity index (χ2v) is 7.75. The predicted molar refractivity (Wildman–Crippen MR) is 85.6 cm³/mol. The minimum atomic E-state index is -3.31. The van der Waals surface area contributed by atoms with E-state index in [0.717, 1.165) is 18.4 Å². The number of carbonyl (C=O) groups is 1. The van der Waals surface area contributed by atoms with E-state index in [1.54, 1.807) is 24.1 Å². The van der Waals surface area contributed by atoms with E-state index in [9.17, 15) is 13.2 Å². The highest BCUT2D eigenvalue weighted by Gasteiger charge is 2.25. The van der Waals surface area contributed by atoms with E-state index >= 15 is 0 Å². The maximum atomic E-state index is 12.1. The number of carbonyl (C=O) groups excluding carboxylic acids is 1. The molecule has 24 heavy (non-hydrogen) atoms. The molecule has 1 fully saturated rings. The van der Waals surface area contributed by atoms with E-state index in [1.807, 2.05) is 0 Å². The highest BCUT2D eigenvalue weighted by atomic mass is 32.2. The van der Waals surface area contributed by atoms with E-state index < -0.39 is 15.9 Å². The Morgan fingerprint density at radius 2 is 2.12 bits per heavy atom. The molecule has 2 aromatic rings. The Morgan fingerprint density at radius 1 is 1.38 bits per heavy atom. The second-order valence-electron chi connectivity index (χ2n) is 5.66. The van der Waals surface area contributed by atoms with Crippen molar-refractivity contribution in [3.63, 3.8) is 0 Å². The summed E-state index contributed by atoms with van der Waals surface area (Å²) in [5.74, 6) is -0.579. The minimum absolute atomic E-state index is 0.0284. The van der Waals surface area contributed by atoms with Crippen LogP contribution < -0.4 is 5.32 Å². The SMILES string of the molecule is Cn1cc(-c2cc(C(=O)NCCS(=O)(=O)N3CCCC3)on2)cn1. The van der Waals surface area contributed by atoms with Crippen LogP contribution in [0.5, 0.6) is 0 Å². The normalized spacial score (nSPS) is 15.7. The topological polar surface area (TPSA) is 110 Å². The molecule has 2 aromatic heterocycles. The van der Waals surface area contributed by atoms with Gasteiger partial charge in [0.1, 0.15) is 5.69 Å². The van der Waals surface area contributed by atoms with Crippen molar-refractivity contribution in [2.45, 2.75) is 12.8 Å². The highest BCUT2D eigenvalue weighted by Crippen LogP contribution is 2.18. The molecule has 3 heterocycles. The lowest BCUT2D eigenvalue weighted by molar-refractivity contribution is 0.0919. The summed E-state index contributed by atoms with van der Waals surface area (Å²) in [6, 6.07) is 1.50. The molecule has 10 heteroatoms. The first kappa shape index (κ1) is 16.7. The second kappa shape index (κ2) is 6.73. The number of hydrogen-bond acceptors (Lipinski definition) is 6. The molecule has 9 nitrogen and oxygen atoms in total. The van der Waals surface area contributed by atoms with Crippen molar-refractivity contribution in [2.75, 3.05) is 25.4 Å². The first-order valence-corrected chi connectivity index (χ1v) is 9.28. The summed E-state index contributed by atoms with van der Waals surface area (Å²) in [7, 11) is -1.54. The zero-order valence-electron chi connectivity index (χ0n) is 13.3. The molecule has 0 atom stereocenters. The summed E-state index contributed by atoms with van der Waals surface area (Å²) in [5.41, 5.74) is 1.23. The number of rotatable bonds is 6. The summed E-state index contributed by atoms with van der Waals surface area (Å²) < 4.78 is 32.2. The van der Waals surface area contributed by atoms with Gasteiger partial charge < -0.3 is 9.84 Å². The van der Waals surface area contributed by atoms with Gasteiger partial charge in [0.2, 0.25) is 15.8 Å². The lowest BCUT2D eigenvalue weighted by atomic mass is 10.2. The van der Waals surface area contributed by atoms with Gasteiger partial charge in [-0.05, 0) is 12.8 Å². The van der Waals surface area contributed by atoms with Crippen LogP contribution >= 0.6 is 0 Å². The van der Waals surface area contributed by atoms with Crippen molar-refractivity contribution in [2.24, 2.45) is 7.05 Å². The molecule has 0 saturated carbocycles. The number of aromatic nitrogens is 3. The Kier molecular flexibility index (Phi) is 4.67. The first-order chi connectivity index (χ1) is 11.5. The van der Waals surface area contributed by atoms with Gasteiger partial charge in [-0.25, -0.2) is 12.7 Å². The van der Waals surface area contributed by atoms with Gasteiger partial charge in [-0.3, -0.25) is 9.48 Å². The van der Waals surface area contributed by atoms with Gasteiger partial charge in [0.15, 0.2) is 0 Å². The number of sulfonamides is 1. The molecule has 0 aromatic carbocycles. The summed E-state index contributed by atoms with van der Waals surface area (Å²) in [6.07, 6.45) is 5.14. The molecule has 3 rings (SSSR count). The Balaban J connectivity index is 1.55. The van der Waals surface area contributed by atoms with Crippen LogP contribution in [0.25, 0.3) is 11.3 Å². The standard InChI is InChI=1S/C14H19N5O4S/c1-18-10-11(9-16-18)12-8-13(23-17-12)14(20)15-4-7-24(21,22)19-5-2-3-6-19/h8-10H,2-7H2,1H3,(H,15,20). The fraction of sp³-hybridized carbons (Fsp3) is 0.500. The highest BCUT2D eigenvalue weighted by molar-refractivity contribution is 7.89. The van der Waals surface area contributed by atoms with Crippen LogP contribution in [0, 0.1) is 0 Å². The summed E-state index contributed by atoms with van der Waals surface area (Å²) in [5, 5.41) is 10.4. The zero-order valence-corrected chi connectivity index (χ0v) is 14.1. The third-order valence-electron chi connectivity index (χ3n) is 3.84. The van der Waals surface area contributed by atoms with Crippen molar-refractivity contribution in [3.8, 4) is 11.3 Å². The molecule has 0 unspecified atom stereocenters. The van der Waals surface area contributed by atoms with Gasteiger partial charge in [-0.15, -0.1) is 0 Å². The third kappa shape index (κ3) is 3.65. The summed E-state index contributed by atoms with van der Waals surface area (Å²) in [4.78, 5) is 12.0. The molecule has 1 amide bonds. The Hall–Kier alpha value is -2.20.